The van der Waals surface area contributed by atoms with Gasteiger partial charge in [0.15, 0.2) is 9.84 Å². The lowest BCUT2D eigenvalue weighted by molar-refractivity contribution is -0.160. The van der Waals surface area contributed by atoms with Gasteiger partial charge in [-0.05, 0) is 37.0 Å². The van der Waals surface area contributed by atoms with Crippen molar-refractivity contribution in [1.82, 2.24) is 10.6 Å². The average Bonchev–Trinajstić information content (AvgIpc) is 3.48. The van der Waals surface area contributed by atoms with E-state index in [0.717, 1.165) is 37.1 Å². The zero-order chi connectivity index (χ0) is 24.0. The first kappa shape index (κ1) is 26.1. The van der Waals surface area contributed by atoms with Crippen molar-refractivity contribution in [1.29, 1.82) is 5.26 Å². The van der Waals surface area contributed by atoms with E-state index in [1.807, 2.05) is 13.0 Å². The molecule has 0 aromatic heterocycles. The number of carbonyl (C=O) groups excluding carboxylic acids is 1. The van der Waals surface area contributed by atoms with Gasteiger partial charge >= 0.3 is 6.18 Å². The van der Waals surface area contributed by atoms with E-state index in [4.69, 9.17) is 0 Å². The highest BCUT2D eigenvalue weighted by atomic mass is 32.2. The number of nitrogens with one attached hydrogen (secondary N) is 2. The summed E-state index contributed by atoms with van der Waals surface area (Å²) in [6, 6.07) is 1.31. The zero-order valence-electron chi connectivity index (χ0n) is 17.7. The van der Waals surface area contributed by atoms with Gasteiger partial charge < -0.3 is 5.32 Å². The number of nitriles is 1. The smallest absolute Gasteiger partial charge is 0.336 e. The van der Waals surface area contributed by atoms with Crippen LogP contribution in [0.5, 0.6) is 0 Å². The molecule has 6 nitrogen and oxygen atoms in total. The molecule has 178 valence electrons. The third-order valence-electron chi connectivity index (χ3n) is 5.27. The standard InChI is InChI=1S/C21H27F4N3O3S/c1-2-3-4-5-12-32(30,31)13-17(19(29)28-20(14-26)10-11-20)27-18(21(23,24)25)15-6-8-16(22)9-7-15/h6-9,17-18,27H,2-5,10-13H2,1H3,(H,28,29)/t17-,18-/m0/s1. The lowest BCUT2D eigenvalue weighted by Crippen LogP contribution is -2.54. The summed E-state index contributed by atoms with van der Waals surface area (Å²) in [6.45, 7) is 1.95. The molecule has 0 unspecified atom stereocenters. The molecule has 0 radical (unpaired) electrons. The molecule has 0 spiro atoms. The van der Waals surface area contributed by atoms with Crippen molar-refractivity contribution in [2.24, 2.45) is 0 Å². The van der Waals surface area contributed by atoms with Crippen molar-refractivity contribution in [3.63, 3.8) is 0 Å². The molecule has 1 aromatic rings. The summed E-state index contributed by atoms with van der Waals surface area (Å²) in [5.74, 6) is -2.82. The molecule has 0 aliphatic heterocycles. The van der Waals surface area contributed by atoms with Gasteiger partial charge in [-0.3, -0.25) is 10.1 Å². The number of carbonyl (C=O) groups is 1. The van der Waals surface area contributed by atoms with Crippen LogP contribution in [0.3, 0.4) is 0 Å². The molecule has 1 fully saturated rings. The van der Waals surface area contributed by atoms with Crippen LogP contribution in [0.1, 0.15) is 57.1 Å². The highest BCUT2D eigenvalue weighted by Gasteiger charge is 2.48. The molecule has 1 aliphatic rings. The van der Waals surface area contributed by atoms with Gasteiger partial charge in [-0.2, -0.15) is 18.4 Å². The molecule has 1 aromatic carbocycles. The second-order valence-electron chi connectivity index (χ2n) is 8.10. The van der Waals surface area contributed by atoms with E-state index in [0.29, 0.717) is 25.7 Å². The van der Waals surface area contributed by atoms with E-state index in [2.05, 4.69) is 10.6 Å². The highest BCUT2D eigenvalue weighted by molar-refractivity contribution is 7.91. The Morgan fingerprint density at radius 2 is 1.81 bits per heavy atom. The van der Waals surface area contributed by atoms with E-state index >= 15 is 0 Å². The van der Waals surface area contributed by atoms with Gasteiger partial charge in [0.05, 0.1) is 17.6 Å². The van der Waals surface area contributed by atoms with Gasteiger partial charge in [0.2, 0.25) is 5.91 Å². The summed E-state index contributed by atoms with van der Waals surface area (Å²) in [5, 5.41) is 13.7. The number of alkyl halides is 3. The normalized spacial score (nSPS) is 17.2. The van der Waals surface area contributed by atoms with E-state index < -0.39 is 51.1 Å². The maximum absolute atomic E-state index is 13.8. The topological polar surface area (TPSA) is 99.1 Å². The lowest BCUT2D eigenvalue weighted by Gasteiger charge is -2.28. The van der Waals surface area contributed by atoms with Crippen molar-refractivity contribution in [2.45, 2.75) is 69.2 Å². The predicted octanol–water partition coefficient (Wildman–Crippen LogP) is 3.55. The fourth-order valence-electron chi connectivity index (χ4n) is 3.23. The summed E-state index contributed by atoms with van der Waals surface area (Å²) in [7, 11) is -3.86. The molecule has 0 heterocycles. The van der Waals surface area contributed by atoms with E-state index in [-0.39, 0.29) is 11.3 Å². The third-order valence-corrected chi connectivity index (χ3v) is 7.02. The van der Waals surface area contributed by atoms with Crippen molar-refractivity contribution >= 4 is 15.7 Å². The van der Waals surface area contributed by atoms with Gasteiger partial charge in [-0.1, -0.05) is 38.3 Å². The van der Waals surface area contributed by atoms with Crippen LogP contribution in [0.15, 0.2) is 24.3 Å². The third kappa shape index (κ3) is 7.74. The Balaban J connectivity index is 2.26. The first-order valence-corrected chi connectivity index (χ1v) is 12.3. The van der Waals surface area contributed by atoms with E-state index in [1.165, 1.54) is 0 Å². The van der Waals surface area contributed by atoms with Crippen LogP contribution in [0.25, 0.3) is 0 Å². The molecular weight excluding hydrogens is 450 g/mol. The van der Waals surface area contributed by atoms with Crippen LogP contribution in [0.2, 0.25) is 0 Å². The summed E-state index contributed by atoms with van der Waals surface area (Å²) < 4.78 is 79.6. The number of hydrogen-bond acceptors (Lipinski definition) is 5. The monoisotopic (exact) mass is 477 g/mol. The Morgan fingerprint density at radius 3 is 2.31 bits per heavy atom. The molecule has 2 atom stereocenters. The van der Waals surface area contributed by atoms with Gasteiger partial charge in [0, 0.05) is 0 Å². The second kappa shape index (κ2) is 10.6. The summed E-state index contributed by atoms with van der Waals surface area (Å²) in [6.07, 6.45) is -1.50. The molecule has 11 heteroatoms. The van der Waals surface area contributed by atoms with Crippen LogP contribution >= 0.6 is 0 Å². The van der Waals surface area contributed by atoms with Crippen molar-refractivity contribution in [3.05, 3.63) is 35.6 Å². The molecule has 1 amide bonds. The molecule has 1 aliphatic carbocycles. The zero-order valence-corrected chi connectivity index (χ0v) is 18.5. The van der Waals surface area contributed by atoms with Crippen LogP contribution < -0.4 is 10.6 Å². The molecular formula is C21H27F4N3O3S. The maximum atomic E-state index is 13.8. The van der Waals surface area contributed by atoms with Gasteiger partial charge in [0.25, 0.3) is 0 Å². The molecule has 0 bridgehead atoms. The number of halogens is 4. The minimum atomic E-state index is -4.88. The summed E-state index contributed by atoms with van der Waals surface area (Å²) in [4.78, 5) is 12.7. The molecule has 2 rings (SSSR count). The molecule has 0 saturated heterocycles. The number of unbranched alkanes of at least 4 members (excludes halogenated alkanes) is 3. The Kier molecular flexibility index (Phi) is 8.65. The number of amides is 1. The van der Waals surface area contributed by atoms with Crippen LogP contribution in [-0.4, -0.2) is 43.6 Å². The summed E-state index contributed by atoms with van der Waals surface area (Å²) in [5.41, 5.74) is -1.54. The highest BCUT2D eigenvalue weighted by Crippen LogP contribution is 2.35. The first-order valence-electron chi connectivity index (χ1n) is 10.4. The predicted molar refractivity (Wildman–Crippen MR) is 111 cm³/mol. The van der Waals surface area contributed by atoms with Gasteiger partial charge in [-0.25, -0.2) is 12.8 Å². The quantitative estimate of drug-likeness (QED) is 0.354. The Labute approximate surface area is 185 Å². The minimum absolute atomic E-state index is 0.255. The Bertz CT molecular complexity index is 923. The number of hydrogen-bond donors (Lipinski definition) is 2. The van der Waals surface area contributed by atoms with Gasteiger partial charge in [-0.15, -0.1) is 0 Å². The van der Waals surface area contributed by atoms with Crippen molar-refractivity contribution in [2.75, 3.05) is 11.5 Å². The number of nitrogens with zero attached hydrogens (tertiary/aromatic N) is 1. The van der Waals surface area contributed by atoms with Gasteiger partial charge in [0.1, 0.15) is 23.4 Å². The summed E-state index contributed by atoms with van der Waals surface area (Å²) >= 11 is 0. The fraction of sp³-hybridized carbons (Fsp3) is 0.619. The lowest BCUT2D eigenvalue weighted by atomic mass is 10.0. The van der Waals surface area contributed by atoms with Crippen LogP contribution in [0.4, 0.5) is 17.6 Å². The Morgan fingerprint density at radius 1 is 1.19 bits per heavy atom. The first-order chi connectivity index (χ1) is 14.9. The fourth-order valence-corrected chi connectivity index (χ4v) is 4.80. The van der Waals surface area contributed by atoms with Crippen molar-refractivity contribution in [3.8, 4) is 6.07 Å². The van der Waals surface area contributed by atoms with E-state index in [9.17, 15) is 36.0 Å². The van der Waals surface area contributed by atoms with Crippen LogP contribution in [-0.2, 0) is 14.6 Å². The maximum Gasteiger partial charge on any atom is 0.407 e. The molecule has 1 saturated carbocycles. The average molecular weight is 478 g/mol. The number of benzene rings is 1. The van der Waals surface area contributed by atoms with E-state index in [1.54, 1.807) is 0 Å². The Hall–Kier alpha value is -2.19. The van der Waals surface area contributed by atoms with Crippen molar-refractivity contribution < 1.29 is 30.8 Å². The number of sulfone groups is 1. The number of rotatable bonds is 12. The SMILES string of the molecule is CCCCCCS(=O)(=O)C[C@H](N[C@@H](c1ccc(F)cc1)C(F)(F)F)C(=O)NC1(C#N)CC1. The molecule has 32 heavy (non-hydrogen) atoms. The second-order valence-corrected chi connectivity index (χ2v) is 10.3. The molecule has 2 N–H and O–H groups in total. The largest absolute Gasteiger partial charge is 0.407 e. The van der Waals surface area contributed by atoms with Crippen LogP contribution in [0, 0.1) is 17.1 Å². The minimum Gasteiger partial charge on any atom is -0.336 e.